The number of carbonyl (C=O) groups is 1. The quantitative estimate of drug-likeness (QED) is 0.655. The Bertz CT molecular complexity index is 865. The van der Waals surface area contributed by atoms with Crippen molar-refractivity contribution >= 4 is 16.8 Å². The standard InChI is InChI=1S/C16H9F3O2/c1-8-12-6-9(17)3-5-14(12)21-16(8)15(20)11-4-2-10(18)7-13(11)19/h2-7H,1H3. The van der Waals surface area contributed by atoms with Gasteiger partial charge in [0.2, 0.25) is 5.78 Å². The lowest BCUT2D eigenvalue weighted by molar-refractivity contribution is 0.101. The van der Waals surface area contributed by atoms with Gasteiger partial charge in [-0.25, -0.2) is 13.2 Å². The van der Waals surface area contributed by atoms with Crippen LogP contribution in [-0.2, 0) is 0 Å². The Labute approximate surface area is 117 Å². The summed E-state index contributed by atoms with van der Waals surface area (Å²) in [5, 5.41) is 0.445. The summed E-state index contributed by atoms with van der Waals surface area (Å²) in [6, 6.07) is 6.53. The van der Waals surface area contributed by atoms with Gasteiger partial charge in [0, 0.05) is 17.0 Å². The molecular formula is C16H9F3O2. The number of fused-ring (bicyclic) bond motifs is 1. The lowest BCUT2D eigenvalue weighted by Gasteiger charge is -2.01. The summed E-state index contributed by atoms with van der Waals surface area (Å²) in [4.78, 5) is 12.3. The molecule has 5 heteroatoms. The van der Waals surface area contributed by atoms with Crippen LogP contribution in [0, 0.1) is 24.4 Å². The van der Waals surface area contributed by atoms with E-state index in [-0.39, 0.29) is 11.3 Å². The zero-order valence-electron chi connectivity index (χ0n) is 10.9. The van der Waals surface area contributed by atoms with Crippen molar-refractivity contribution in [3.05, 3.63) is 70.7 Å². The number of furan rings is 1. The van der Waals surface area contributed by atoms with Crippen molar-refractivity contribution in [2.24, 2.45) is 0 Å². The highest BCUT2D eigenvalue weighted by molar-refractivity contribution is 6.10. The van der Waals surface area contributed by atoms with Crippen LogP contribution in [0.15, 0.2) is 40.8 Å². The molecule has 0 aliphatic rings. The first-order valence-electron chi connectivity index (χ1n) is 6.16. The average Bonchev–Trinajstić information content (AvgIpc) is 2.75. The molecular weight excluding hydrogens is 281 g/mol. The van der Waals surface area contributed by atoms with Crippen molar-refractivity contribution in [1.29, 1.82) is 0 Å². The van der Waals surface area contributed by atoms with Crippen LogP contribution in [0.2, 0.25) is 0 Å². The monoisotopic (exact) mass is 290 g/mol. The lowest BCUT2D eigenvalue weighted by atomic mass is 10.0. The predicted molar refractivity (Wildman–Crippen MR) is 70.7 cm³/mol. The zero-order chi connectivity index (χ0) is 15.1. The molecule has 0 atom stereocenters. The average molecular weight is 290 g/mol. The van der Waals surface area contributed by atoms with Crippen LogP contribution in [0.4, 0.5) is 13.2 Å². The molecule has 0 saturated heterocycles. The van der Waals surface area contributed by atoms with Crippen LogP contribution in [0.3, 0.4) is 0 Å². The van der Waals surface area contributed by atoms with E-state index in [9.17, 15) is 18.0 Å². The predicted octanol–water partition coefficient (Wildman–Crippen LogP) is 4.39. The second-order valence-corrected chi connectivity index (χ2v) is 4.65. The number of benzene rings is 2. The van der Waals surface area contributed by atoms with E-state index < -0.39 is 23.2 Å². The maximum atomic E-state index is 13.7. The fraction of sp³-hybridized carbons (Fsp3) is 0.0625. The fourth-order valence-electron chi connectivity index (χ4n) is 2.21. The molecule has 0 aliphatic heterocycles. The van der Waals surface area contributed by atoms with E-state index in [1.165, 1.54) is 18.2 Å². The summed E-state index contributed by atoms with van der Waals surface area (Å²) in [7, 11) is 0. The Morgan fingerprint density at radius 1 is 1.00 bits per heavy atom. The summed E-state index contributed by atoms with van der Waals surface area (Å²) in [6.07, 6.45) is 0. The van der Waals surface area contributed by atoms with Crippen molar-refractivity contribution < 1.29 is 22.4 Å². The largest absolute Gasteiger partial charge is 0.452 e. The molecule has 21 heavy (non-hydrogen) atoms. The van der Waals surface area contributed by atoms with Gasteiger partial charge in [0.05, 0.1) is 5.56 Å². The number of aryl methyl sites for hydroxylation is 1. The van der Waals surface area contributed by atoms with Crippen LogP contribution in [0.5, 0.6) is 0 Å². The summed E-state index contributed by atoms with van der Waals surface area (Å²) in [5.74, 6) is -2.99. The molecule has 0 aliphatic carbocycles. The first-order chi connectivity index (χ1) is 9.97. The first-order valence-corrected chi connectivity index (χ1v) is 6.16. The molecule has 0 spiro atoms. The van der Waals surface area contributed by atoms with E-state index >= 15 is 0 Å². The van der Waals surface area contributed by atoms with E-state index in [1.54, 1.807) is 6.92 Å². The molecule has 0 radical (unpaired) electrons. The van der Waals surface area contributed by atoms with E-state index in [2.05, 4.69) is 0 Å². The number of rotatable bonds is 2. The van der Waals surface area contributed by atoms with Crippen LogP contribution in [0.25, 0.3) is 11.0 Å². The summed E-state index contributed by atoms with van der Waals surface area (Å²) in [6.45, 7) is 1.58. The van der Waals surface area contributed by atoms with Gasteiger partial charge < -0.3 is 4.42 Å². The lowest BCUT2D eigenvalue weighted by Crippen LogP contribution is -2.05. The van der Waals surface area contributed by atoms with Gasteiger partial charge in [-0.2, -0.15) is 0 Å². The second kappa shape index (κ2) is 4.77. The van der Waals surface area contributed by atoms with Gasteiger partial charge >= 0.3 is 0 Å². The molecule has 2 aromatic carbocycles. The number of carbonyl (C=O) groups excluding carboxylic acids is 1. The van der Waals surface area contributed by atoms with Crippen molar-refractivity contribution in [3.63, 3.8) is 0 Å². The Morgan fingerprint density at radius 2 is 1.67 bits per heavy atom. The summed E-state index contributed by atoms with van der Waals surface area (Å²) >= 11 is 0. The van der Waals surface area contributed by atoms with E-state index in [0.717, 1.165) is 12.1 Å². The minimum absolute atomic E-state index is 0.0823. The van der Waals surface area contributed by atoms with E-state index in [4.69, 9.17) is 4.42 Å². The highest BCUT2D eigenvalue weighted by Crippen LogP contribution is 2.28. The minimum Gasteiger partial charge on any atom is -0.452 e. The van der Waals surface area contributed by atoms with Gasteiger partial charge in [-0.3, -0.25) is 4.79 Å². The normalized spacial score (nSPS) is 11.0. The van der Waals surface area contributed by atoms with Crippen molar-refractivity contribution in [1.82, 2.24) is 0 Å². The van der Waals surface area contributed by atoms with Crippen LogP contribution in [-0.4, -0.2) is 5.78 Å². The van der Waals surface area contributed by atoms with Gasteiger partial charge in [-0.05, 0) is 37.3 Å². The number of hydrogen-bond acceptors (Lipinski definition) is 2. The molecule has 3 rings (SSSR count). The Morgan fingerprint density at radius 3 is 2.38 bits per heavy atom. The van der Waals surface area contributed by atoms with Gasteiger partial charge in [0.15, 0.2) is 5.76 Å². The topological polar surface area (TPSA) is 30.2 Å². The molecule has 0 saturated carbocycles. The molecule has 0 unspecified atom stereocenters. The Hall–Kier alpha value is -2.56. The molecule has 0 fully saturated rings. The van der Waals surface area contributed by atoms with Crippen LogP contribution in [0.1, 0.15) is 21.7 Å². The minimum atomic E-state index is -0.967. The third kappa shape index (κ3) is 2.20. The molecule has 106 valence electrons. The van der Waals surface area contributed by atoms with Gasteiger partial charge in [0.1, 0.15) is 23.0 Å². The maximum absolute atomic E-state index is 13.7. The number of ketones is 1. The maximum Gasteiger partial charge on any atom is 0.231 e. The SMILES string of the molecule is Cc1c(C(=O)c2ccc(F)cc2F)oc2ccc(F)cc12. The van der Waals surface area contributed by atoms with Crippen molar-refractivity contribution in [3.8, 4) is 0 Å². The van der Waals surface area contributed by atoms with Gasteiger partial charge in [-0.1, -0.05) is 0 Å². The highest BCUT2D eigenvalue weighted by Gasteiger charge is 2.22. The van der Waals surface area contributed by atoms with Crippen LogP contribution >= 0.6 is 0 Å². The third-order valence-corrected chi connectivity index (χ3v) is 3.28. The van der Waals surface area contributed by atoms with Gasteiger partial charge in [-0.15, -0.1) is 0 Å². The molecule has 0 N–H and O–H groups in total. The zero-order valence-corrected chi connectivity index (χ0v) is 10.9. The van der Waals surface area contributed by atoms with E-state index in [0.29, 0.717) is 22.6 Å². The van der Waals surface area contributed by atoms with Crippen molar-refractivity contribution in [2.75, 3.05) is 0 Å². The van der Waals surface area contributed by atoms with E-state index in [1.807, 2.05) is 0 Å². The third-order valence-electron chi connectivity index (χ3n) is 3.28. The molecule has 2 nitrogen and oxygen atoms in total. The molecule has 1 heterocycles. The van der Waals surface area contributed by atoms with Crippen molar-refractivity contribution in [2.45, 2.75) is 6.92 Å². The Balaban J connectivity index is 2.15. The molecule has 1 aromatic heterocycles. The summed E-state index contributed by atoms with van der Waals surface area (Å²) < 4.78 is 45.2. The molecule has 0 amide bonds. The highest BCUT2D eigenvalue weighted by atomic mass is 19.1. The second-order valence-electron chi connectivity index (χ2n) is 4.65. The first kappa shape index (κ1) is 13.4. The summed E-state index contributed by atoms with van der Waals surface area (Å²) in [5.41, 5.74) is 0.456. The number of halogens is 3. The fourth-order valence-corrected chi connectivity index (χ4v) is 2.21. The van der Waals surface area contributed by atoms with Crippen LogP contribution < -0.4 is 0 Å². The molecule has 3 aromatic rings. The number of hydrogen-bond donors (Lipinski definition) is 0. The smallest absolute Gasteiger partial charge is 0.231 e. The molecule has 0 bridgehead atoms. The van der Waals surface area contributed by atoms with Gasteiger partial charge in [0.25, 0.3) is 0 Å². The Kier molecular flexibility index (Phi) is 3.05.